The van der Waals surface area contributed by atoms with Gasteiger partial charge in [-0.1, -0.05) is 0 Å². The third kappa shape index (κ3) is 21.1. The molecular weight excluding hydrogens is 292 g/mol. The van der Waals surface area contributed by atoms with Gasteiger partial charge in [0.25, 0.3) is 0 Å². The van der Waals surface area contributed by atoms with Crippen molar-refractivity contribution in [2.75, 3.05) is 0 Å². The van der Waals surface area contributed by atoms with Crippen LogP contribution in [0.5, 0.6) is 0 Å². The van der Waals surface area contributed by atoms with Gasteiger partial charge < -0.3 is 37.2 Å². The molecule has 0 rings (SSSR count). The van der Waals surface area contributed by atoms with Gasteiger partial charge in [0.05, 0.1) is 0 Å². The van der Waals surface area contributed by atoms with Crippen molar-refractivity contribution in [3.63, 3.8) is 0 Å². The first-order valence-electron chi connectivity index (χ1n) is 0. The maximum atomic E-state index is 0. The predicted molar refractivity (Wildman–Crippen MR) is 7.25 cm³/mol. The van der Waals surface area contributed by atoms with Crippen LogP contribution in [0.4, 0.5) is 0 Å². The molecule has 0 fully saturated rings. The minimum atomic E-state index is 0. The van der Waals surface area contributed by atoms with Gasteiger partial charge in [0.1, 0.15) is 0 Å². The van der Waals surface area contributed by atoms with Gasteiger partial charge in [-0.15, -0.1) is 12.4 Å². The molecule has 0 nitrogen and oxygen atoms in total. The summed E-state index contributed by atoms with van der Waals surface area (Å²) in [5.74, 6) is 0. The predicted octanol–water partition coefficient (Wildman–Crippen LogP) is -8.57. The van der Waals surface area contributed by atoms with E-state index >= 15 is 0 Å². The van der Waals surface area contributed by atoms with Crippen molar-refractivity contribution in [1.82, 2.24) is 0 Å². The maximum Gasteiger partial charge on any atom is 3.00 e. The molecule has 35 valence electrons. The van der Waals surface area contributed by atoms with Gasteiger partial charge in [0, 0.05) is 0 Å². The molecule has 0 atom stereocenters. The molecule has 0 aromatic carbocycles. The molecule has 0 aliphatic rings. The van der Waals surface area contributed by atoms with Crippen molar-refractivity contribution >= 4 is 12.4 Å². The van der Waals surface area contributed by atoms with Crippen LogP contribution < -0.4 is 37.2 Å². The number of hydrogen-bond acceptors (Lipinski definition) is 0. The van der Waals surface area contributed by atoms with Crippen LogP contribution in [0, 0.1) is 40.4 Å². The topological polar surface area (TPSA) is 0 Å². The van der Waals surface area contributed by atoms with E-state index in [4.69, 9.17) is 0 Å². The van der Waals surface area contributed by atoms with Crippen LogP contribution in [-0.4, -0.2) is 0 Å². The number of halogens is 4. The van der Waals surface area contributed by atoms with Gasteiger partial charge in [-0.2, -0.15) is 0 Å². The smallest absolute Gasteiger partial charge is 1.00 e. The van der Waals surface area contributed by atoms with Crippen LogP contribution in [0.25, 0.3) is 0 Å². The zero-order chi connectivity index (χ0) is 0. The monoisotopic (exact) mass is 293 g/mol. The molecule has 0 N–H and O–H groups in total. The van der Waals surface area contributed by atoms with Gasteiger partial charge in [0.2, 0.25) is 0 Å². The van der Waals surface area contributed by atoms with E-state index in [9.17, 15) is 0 Å². The quantitative estimate of drug-likeness (QED) is 0.416. The third-order valence-electron chi connectivity index (χ3n) is 0. The summed E-state index contributed by atoms with van der Waals surface area (Å²) in [6, 6.07) is 0. The van der Waals surface area contributed by atoms with Crippen LogP contribution in [0.1, 0.15) is 0 Å². The van der Waals surface area contributed by atoms with Crippen LogP contribution in [0.3, 0.4) is 0 Å². The molecule has 0 unspecified atom stereocenters. The van der Waals surface area contributed by atoms with Crippen molar-refractivity contribution in [3.05, 3.63) is 0 Å². The Morgan fingerprint density at radius 2 is 0.600 bits per heavy atom. The maximum absolute atomic E-state index is 0. The average Bonchev–Trinajstić information content (AvgIpc) is 0. The Bertz CT molecular complexity index is 3.61. The molecule has 0 saturated carbocycles. The summed E-state index contributed by atoms with van der Waals surface area (Å²) in [5.41, 5.74) is 0. The fourth-order valence-corrected chi connectivity index (χ4v) is 0. The van der Waals surface area contributed by atoms with Crippen LogP contribution >= 0.6 is 12.4 Å². The molecule has 1 radical (unpaired) electrons. The number of rotatable bonds is 0. The molecule has 0 aliphatic heterocycles. The second-order valence-electron chi connectivity index (χ2n) is 0. The Morgan fingerprint density at radius 3 is 0.600 bits per heavy atom. The summed E-state index contributed by atoms with van der Waals surface area (Å²) in [4.78, 5) is 0. The van der Waals surface area contributed by atoms with Gasteiger partial charge >= 0.3 is 40.4 Å². The molecule has 0 aromatic heterocycles. The summed E-state index contributed by atoms with van der Waals surface area (Å²) < 4.78 is 0. The zero-order valence-corrected chi connectivity index (χ0v) is 7.65. The zero-order valence-electron chi connectivity index (χ0n) is 1.95. The SMILES string of the molecule is Cl.[Cl-].[Cl-].[Cl-].[Sm+3]. The summed E-state index contributed by atoms with van der Waals surface area (Å²) >= 11 is 0. The largest absolute Gasteiger partial charge is 3.00 e. The minimum absolute atomic E-state index is 0. The van der Waals surface area contributed by atoms with Gasteiger partial charge in [-0.25, -0.2) is 0 Å². The molecule has 5 heteroatoms. The van der Waals surface area contributed by atoms with E-state index in [-0.39, 0.29) is 90.0 Å². The van der Waals surface area contributed by atoms with E-state index in [1.165, 1.54) is 0 Å². The second-order valence-corrected chi connectivity index (χ2v) is 0. The molecule has 0 bridgehead atoms. The third-order valence-corrected chi connectivity index (χ3v) is 0. The first-order valence-corrected chi connectivity index (χ1v) is 0. The van der Waals surface area contributed by atoms with E-state index in [1.807, 2.05) is 0 Å². The first-order chi connectivity index (χ1) is 0. The normalized spacial score (nSPS) is 0. The van der Waals surface area contributed by atoms with Crippen LogP contribution in [-0.2, 0) is 0 Å². The van der Waals surface area contributed by atoms with Crippen LogP contribution in [0.2, 0.25) is 0 Å². The van der Waals surface area contributed by atoms with Gasteiger partial charge in [0.15, 0.2) is 0 Å². The molecule has 0 amide bonds. The van der Waals surface area contributed by atoms with Crippen molar-refractivity contribution in [2.24, 2.45) is 0 Å². The number of hydrogen-bond donors (Lipinski definition) is 0. The molecular formula is HCl4Sm. The Balaban J connectivity index is 0. The average molecular weight is 293 g/mol. The Kier molecular flexibility index (Phi) is 319. The summed E-state index contributed by atoms with van der Waals surface area (Å²) in [6.07, 6.45) is 0. The van der Waals surface area contributed by atoms with Gasteiger partial charge in [-0.05, 0) is 0 Å². The fraction of sp³-hybridized carbons (Fsp3) is 0. The second kappa shape index (κ2) is 31.5. The summed E-state index contributed by atoms with van der Waals surface area (Å²) in [7, 11) is 0. The van der Waals surface area contributed by atoms with Crippen molar-refractivity contribution in [2.45, 2.75) is 0 Å². The Labute approximate surface area is 88.6 Å². The van der Waals surface area contributed by atoms with E-state index in [1.54, 1.807) is 0 Å². The van der Waals surface area contributed by atoms with Gasteiger partial charge in [-0.3, -0.25) is 0 Å². The molecule has 0 saturated heterocycles. The molecule has 0 spiro atoms. The molecule has 0 heterocycles. The van der Waals surface area contributed by atoms with E-state index < -0.39 is 0 Å². The van der Waals surface area contributed by atoms with E-state index in [2.05, 4.69) is 0 Å². The molecule has 0 aromatic rings. The summed E-state index contributed by atoms with van der Waals surface area (Å²) in [6.45, 7) is 0. The minimum Gasteiger partial charge on any atom is -1.00 e. The van der Waals surface area contributed by atoms with E-state index in [0.717, 1.165) is 0 Å². The first kappa shape index (κ1) is 50.7. The van der Waals surface area contributed by atoms with Crippen LogP contribution in [0.15, 0.2) is 0 Å². The van der Waals surface area contributed by atoms with Crippen molar-refractivity contribution < 1.29 is 77.6 Å². The molecule has 5 heavy (non-hydrogen) atoms. The molecule has 0 aliphatic carbocycles. The van der Waals surface area contributed by atoms with Crippen molar-refractivity contribution in [3.8, 4) is 0 Å². The fourth-order valence-electron chi connectivity index (χ4n) is 0. The Hall–Kier alpha value is 2.50. The summed E-state index contributed by atoms with van der Waals surface area (Å²) in [5, 5.41) is 0. The Morgan fingerprint density at radius 1 is 0.600 bits per heavy atom. The van der Waals surface area contributed by atoms with E-state index in [0.29, 0.717) is 0 Å². The van der Waals surface area contributed by atoms with Crippen molar-refractivity contribution in [1.29, 1.82) is 0 Å². The standard InChI is InChI=1S/4ClH.Sm/h4*1H;/q;;;;+3/p-3.